The molecule has 0 aliphatic heterocycles. The van der Waals surface area contributed by atoms with E-state index in [0.29, 0.717) is 0 Å². The van der Waals surface area contributed by atoms with E-state index in [0.717, 1.165) is 18.4 Å². The molecule has 2 heteroatoms. The minimum absolute atomic E-state index is 0.213. The largest absolute Gasteiger partial charge is 0.387 e. The van der Waals surface area contributed by atoms with E-state index in [2.05, 4.69) is 30.4 Å². The van der Waals surface area contributed by atoms with Crippen LogP contribution in [0.3, 0.4) is 0 Å². The van der Waals surface area contributed by atoms with Gasteiger partial charge in [0.25, 0.3) is 0 Å². The number of likely N-dealkylation sites (N-methyl/N-ethyl adjacent to an activating group) is 1. The van der Waals surface area contributed by atoms with Crippen molar-refractivity contribution in [2.24, 2.45) is 0 Å². The predicted octanol–water partition coefficient (Wildman–Crippen LogP) is 1.56. The van der Waals surface area contributed by atoms with Crippen LogP contribution in [0.25, 0.3) is 0 Å². The Kier molecular flexibility index (Phi) is 2.57. The smallest absolute Gasteiger partial charge is 0.0945 e. The number of aliphatic hydroxyl groups excluding tert-OH is 1. The summed E-state index contributed by atoms with van der Waals surface area (Å²) in [6.45, 7) is 2.09. The average molecular weight is 191 g/mol. The lowest BCUT2D eigenvalue weighted by Gasteiger charge is -2.30. The molecule has 14 heavy (non-hydrogen) atoms. The molecule has 1 aromatic rings. The van der Waals surface area contributed by atoms with E-state index in [9.17, 15) is 5.11 Å². The zero-order valence-corrected chi connectivity index (χ0v) is 8.75. The predicted molar refractivity (Wildman–Crippen MR) is 57.3 cm³/mol. The quantitative estimate of drug-likeness (QED) is 0.706. The van der Waals surface area contributed by atoms with Gasteiger partial charge in [0.2, 0.25) is 0 Å². The van der Waals surface area contributed by atoms with E-state index in [-0.39, 0.29) is 12.1 Å². The van der Waals surface area contributed by atoms with E-state index < -0.39 is 0 Å². The fraction of sp³-hybridized carbons (Fsp3) is 0.500. The Balaban J connectivity index is 2.36. The Morgan fingerprint density at radius 3 is 2.93 bits per heavy atom. The fourth-order valence-corrected chi connectivity index (χ4v) is 2.23. The van der Waals surface area contributed by atoms with Crippen LogP contribution >= 0.6 is 0 Å². The minimum Gasteiger partial charge on any atom is -0.387 e. The van der Waals surface area contributed by atoms with Gasteiger partial charge in [-0.1, -0.05) is 23.8 Å². The Morgan fingerprint density at radius 2 is 2.21 bits per heavy atom. The van der Waals surface area contributed by atoms with Crippen molar-refractivity contribution >= 4 is 0 Å². The van der Waals surface area contributed by atoms with E-state index >= 15 is 0 Å². The summed E-state index contributed by atoms with van der Waals surface area (Å²) in [5.41, 5.74) is 3.68. The van der Waals surface area contributed by atoms with Crippen molar-refractivity contribution in [2.45, 2.75) is 31.9 Å². The van der Waals surface area contributed by atoms with E-state index in [4.69, 9.17) is 0 Å². The van der Waals surface area contributed by atoms with Gasteiger partial charge >= 0.3 is 0 Å². The van der Waals surface area contributed by atoms with Crippen LogP contribution in [0.1, 0.15) is 29.2 Å². The first kappa shape index (κ1) is 9.69. The number of aliphatic hydroxyl groups is 1. The van der Waals surface area contributed by atoms with E-state index in [1.165, 1.54) is 11.1 Å². The summed E-state index contributed by atoms with van der Waals surface area (Å²) < 4.78 is 0. The van der Waals surface area contributed by atoms with Crippen molar-refractivity contribution in [2.75, 3.05) is 7.05 Å². The normalized spacial score (nSPS) is 25.9. The molecule has 1 aromatic carbocycles. The lowest BCUT2D eigenvalue weighted by Crippen LogP contribution is -2.35. The maximum absolute atomic E-state index is 10.0. The first-order chi connectivity index (χ1) is 6.72. The molecule has 0 saturated heterocycles. The molecule has 0 aromatic heterocycles. The minimum atomic E-state index is -0.343. The number of aryl methyl sites for hydroxylation is 2. The van der Waals surface area contributed by atoms with Gasteiger partial charge in [0, 0.05) is 6.04 Å². The van der Waals surface area contributed by atoms with Gasteiger partial charge in [-0.3, -0.25) is 0 Å². The second-order valence-corrected chi connectivity index (χ2v) is 4.08. The van der Waals surface area contributed by atoms with Crippen LogP contribution in [0.4, 0.5) is 0 Å². The zero-order valence-electron chi connectivity index (χ0n) is 8.75. The monoisotopic (exact) mass is 191 g/mol. The Hall–Kier alpha value is -0.860. The second-order valence-electron chi connectivity index (χ2n) is 4.08. The maximum Gasteiger partial charge on any atom is 0.0945 e. The van der Waals surface area contributed by atoms with Crippen molar-refractivity contribution < 1.29 is 5.11 Å². The van der Waals surface area contributed by atoms with Crippen molar-refractivity contribution in [3.63, 3.8) is 0 Å². The molecule has 2 nitrogen and oxygen atoms in total. The molecule has 0 fully saturated rings. The summed E-state index contributed by atoms with van der Waals surface area (Å²) >= 11 is 0. The Morgan fingerprint density at radius 1 is 1.43 bits per heavy atom. The topological polar surface area (TPSA) is 32.3 Å². The summed E-state index contributed by atoms with van der Waals surface area (Å²) in [5, 5.41) is 13.2. The average Bonchev–Trinajstić information content (AvgIpc) is 2.18. The van der Waals surface area contributed by atoms with E-state index in [1.54, 1.807) is 0 Å². The summed E-state index contributed by atoms with van der Waals surface area (Å²) in [6.07, 6.45) is 1.75. The maximum atomic E-state index is 10.0. The van der Waals surface area contributed by atoms with Crippen LogP contribution in [-0.2, 0) is 6.42 Å². The SMILES string of the molecule is CNC1CCc2cc(C)ccc2C1O. The van der Waals surface area contributed by atoms with Crippen molar-refractivity contribution in [1.29, 1.82) is 0 Å². The molecule has 1 aliphatic carbocycles. The molecule has 0 heterocycles. The molecule has 0 bridgehead atoms. The van der Waals surface area contributed by atoms with Crippen LogP contribution in [0.5, 0.6) is 0 Å². The summed E-state index contributed by atoms with van der Waals surface area (Å²) in [5.74, 6) is 0. The summed E-state index contributed by atoms with van der Waals surface area (Å²) in [7, 11) is 1.91. The van der Waals surface area contributed by atoms with Gasteiger partial charge in [0.05, 0.1) is 6.10 Å². The molecule has 76 valence electrons. The van der Waals surface area contributed by atoms with Crippen LogP contribution < -0.4 is 5.32 Å². The summed E-state index contributed by atoms with van der Waals surface area (Å²) in [4.78, 5) is 0. The Bertz CT molecular complexity index is 335. The number of fused-ring (bicyclic) bond motifs is 1. The molecular weight excluding hydrogens is 174 g/mol. The van der Waals surface area contributed by atoms with Crippen LogP contribution in [0.2, 0.25) is 0 Å². The van der Waals surface area contributed by atoms with Gasteiger partial charge in [-0.25, -0.2) is 0 Å². The van der Waals surface area contributed by atoms with Crippen molar-refractivity contribution in [1.82, 2.24) is 5.32 Å². The molecular formula is C12H17NO. The van der Waals surface area contributed by atoms with Gasteiger partial charge in [-0.15, -0.1) is 0 Å². The first-order valence-corrected chi connectivity index (χ1v) is 5.17. The van der Waals surface area contributed by atoms with Gasteiger partial charge in [-0.2, -0.15) is 0 Å². The number of hydrogen-bond acceptors (Lipinski definition) is 2. The lowest BCUT2D eigenvalue weighted by atomic mass is 9.85. The highest BCUT2D eigenvalue weighted by molar-refractivity contribution is 5.36. The zero-order chi connectivity index (χ0) is 10.1. The van der Waals surface area contributed by atoms with Gasteiger partial charge in [0.15, 0.2) is 0 Å². The van der Waals surface area contributed by atoms with Gasteiger partial charge < -0.3 is 10.4 Å². The molecule has 2 rings (SSSR count). The second kappa shape index (κ2) is 3.71. The standard InChI is InChI=1S/C12H17NO/c1-8-3-5-10-9(7-8)4-6-11(13-2)12(10)14/h3,5,7,11-14H,4,6H2,1-2H3. The molecule has 2 N–H and O–H groups in total. The fourth-order valence-electron chi connectivity index (χ4n) is 2.23. The van der Waals surface area contributed by atoms with Gasteiger partial charge in [-0.05, 0) is 37.9 Å². The Labute approximate surface area is 85.0 Å². The number of nitrogens with one attached hydrogen (secondary N) is 1. The molecule has 2 unspecified atom stereocenters. The molecule has 1 aliphatic rings. The number of hydrogen-bond donors (Lipinski definition) is 2. The summed E-state index contributed by atoms with van der Waals surface area (Å²) in [6, 6.07) is 6.52. The third-order valence-corrected chi connectivity index (χ3v) is 3.09. The van der Waals surface area contributed by atoms with Crippen LogP contribution in [-0.4, -0.2) is 18.2 Å². The molecule has 0 radical (unpaired) electrons. The highest BCUT2D eigenvalue weighted by Crippen LogP contribution is 2.30. The lowest BCUT2D eigenvalue weighted by molar-refractivity contribution is 0.119. The number of rotatable bonds is 1. The first-order valence-electron chi connectivity index (χ1n) is 5.17. The third-order valence-electron chi connectivity index (χ3n) is 3.09. The third kappa shape index (κ3) is 1.56. The van der Waals surface area contributed by atoms with E-state index in [1.807, 2.05) is 7.05 Å². The molecule has 0 saturated carbocycles. The van der Waals surface area contributed by atoms with Crippen molar-refractivity contribution in [3.05, 3.63) is 34.9 Å². The van der Waals surface area contributed by atoms with Crippen LogP contribution in [0, 0.1) is 6.92 Å². The molecule has 0 spiro atoms. The molecule has 0 amide bonds. The van der Waals surface area contributed by atoms with Gasteiger partial charge in [0.1, 0.15) is 0 Å². The number of benzene rings is 1. The molecule has 2 atom stereocenters. The highest BCUT2D eigenvalue weighted by Gasteiger charge is 2.26. The van der Waals surface area contributed by atoms with Crippen LogP contribution in [0.15, 0.2) is 18.2 Å². The highest BCUT2D eigenvalue weighted by atomic mass is 16.3. The van der Waals surface area contributed by atoms with Crippen molar-refractivity contribution in [3.8, 4) is 0 Å².